The molecule has 2 aromatic rings. The van der Waals surface area contributed by atoms with E-state index in [4.69, 9.17) is 4.42 Å². The third kappa shape index (κ3) is 3.60. The van der Waals surface area contributed by atoms with E-state index in [9.17, 15) is 4.39 Å². The highest BCUT2D eigenvalue weighted by atomic mass is 19.1. The van der Waals surface area contributed by atoms with Crippen molar-refractivity contribution in [2.45, 2.75) is 6.54 Å². The Kier molecular flexibility index (Phi) is 4.36. The molecule has 0 radical (unpaired) electrons. The molecule has 0 fully saturated rings. The molecule has 18 heavy (non-hydrogen) atoms. The van der Waals surface area contributed by atoms with Crippen molar-refractivity contribution in [3.05, 3.63) is 54.2 Å². The molecule has 4 heteroatoms. The zero-order valence-electron chi connectivity index (χ0n) is 10.4. The second-order valence-electron chi connectivity index (χ2n) is 4.16. The Morgan fingerprint density at radius 2 is 2.17 bits per heavy atom. The van der Waals surface area contributed by atoms with Gasteiger partial charge in [-0.25, -0.2) is 4.39 Å². The molecule has 0 saturated heterocycles. The molecule has 0 aliphatic rings. The number of anilines is 1. The lowest BCUT2D eigenvalue weighted by molar-refractivity contribution is 0.484. The highest BCUT2D eigenvalue weighted by Gasteiger charge is 2.01. The van der Waals surface area contributed by atoms with Gasteiger partial charge >= 0.3 is 0 Å². The van der Waals surface area contributed by atoms with Gasteiger partial charge in [0.25, 0.3) is 0 Å². The third-order valence-electron chi connectivity index (χ3n) is 2.75. The number of nitrogens with one attached hydrogen (secondary N) is 1. The van der Waals surface area contributed by atoms with Crippen LogP contribution in [0.2, 0.25) is 0 Å². The maximum Gasteiger partial charge on any atom is 0.125 e. The molecule has 0 bridgehead atoms. The van der Waals surface area contributed by atoms with Gasteiger partial charge in [0.1, 0.15) is 11.6 Å². The Morgan fingerprint density at radius 3 is 2.89 bits per heavy atom. The Labute approximate surface area is 106 Å². The molecular formula is C14H17FN2O. The molecule has 0 unspecified atom stereocenters. The number of hydrogen-bond acceptors (Lipinski definition) is 3. The summed E-state index contributed by atoms with van der Waals surface area (Å²) in [6, 6.07) is 10.4. The summed E-state index contributed by atoms with van der Waals surface area (Å²) >= 11 is 0. The van der Waals surface area contributed by atoms with Crippen molar-refractivity contribution in [1.82, 2.24) is 5.32 Å². The van der Waals surface area contributed by atoms with E-state index in [2.05, 4.69) is 5.32 Å². The van der Waals surface area contributed by atoms with Crippen LogP contribution in [-0.2, 0) is 6.54 Å². The lowest BCUT2D eigenvalue weighted by atomic mass is 10.3. The van der Waals surface area contributed by atoms with Crippen LogP contribution in [-0.4, -0.2) is 20.1 Å². The summed E-state index contributed by atoms with van der Waals surface area (Å²) in [5, 5.41) is 3.27. The lowest BCUT2D eigenvalue weighted by Gasteiger charge is -2.19. The minimum absolute atomic E-state index is 0.206. The number of likely N-dealkylation sites (N-methyl/N-ethyl adjacent to an activating group) is 1. The van der Waals surface area contributed by atoms with E-state index in [0.717, 1.165) is 24.5 Å². The van der Waals surface area contributed by atoms with Gasteiger partial charge in [0.05, 0.1) is 12.8 Å². The zero-order chi connectivity index (χ0) is 12.8. The number of rotatable bonds is 6. The molecular weight excluding hydrogens is 231 g/mol. The molecule has 1 aromatic heterocycles. The molecule has 0 spiro atoms. The van der Waals surface area contributed by atoms with E-state index in [0.29, 0.717) is 6.54 Å². The summed E-state index contributed by atoms with van der Waals surface area (Å²) in [7, 11) is 1.95. The number of benzene rings is 1. The largest absolute Gasteiger partial charge is 0.468 e. The zero-order valence-corrected chi connectivity index (χ0v) is 10.4. The quantitative estimate of drug-likeness (QED) is 0.797. The van der Waals surface area contributed by atoms with Gasteiger partial charge in [-0.15, -0.1) is 0 Å². The van der Waals surface area contributed by atoms with Crippen molar-refractivity contribution in [2.24, 2.45) is 0 Å². The first-order chi connectivity index (χ1) is 8.75. The Hall–Kier alpha value is -1.81. The van der Waals surface area contributed by atoms with Crippen molar-refractivity contribution in [3.63, 3.8) is 0 Å². The van der Waals surface area contributed by atoms with Crippen molar-refractivity contribution >= 4 is 5.69 Å². The van der Waals surface area contributed by atoms with Crippen LogP contribution in [0.5, 0.6) is 0 Å². The van der Waals surface area contributed by atoms with E-state index in [1.807, 2.05) is 30.1 Å². The highest BCUT2D eigenvalue weighted by Crippen LogP contribution is 2.12. The molecule has 0 amide bonds. The van der Waals surface area contributed by atoms with Gasteiger partial charge in [0, 0.05) is 25.8 Å². The second-order valence-corrected chi connectivity index (χ2v) is 4.16. The summed E-state index contributed by atoms with van der Waals surface area (Å²) in [5.74, 6) is 0.714. The summed E-state index contributed by atoms with van der Waals surface area (Å²) in [4.78, 5) is 2.01. The molecule has 0 saturated carbocycles. The molecule has 1 aromatic carbocycles. The van der Waals surface area contributed by atoms with E-state index in [1.54, 1.807) is 12.3 Å². The van der Waals surface area contributed by atoms with Crippen molar-refractivity contribution in [3.8, 4) is 0 Å². The average molecular weight is 248 g/mol. The van der Waals surface area contributed by atoms with Gasteiger partial charge in [-0.05, 0) is 30.3 Å². The highest BCUT2D eigenvalue weighted by molar-refractivity contribution is 5.45. The summed E-state index contributed by atoms with van der Waals surface area (Å²) in [5.41, 5.74) is 0.884. The van der Waals surface area contributed by atoms with Gasteiger partial charge in [0.2, 0.25) is 0 Å². The predicted molar refractivity (Wildman–Crippen MR) is 70.1 cm³/mol. The maximum atomic E-state index is 13.0. The van der Waals surface area contributed by atoms with Gasteiger partial charge in [-0.3, -0.25) is 0 Å². The van der Waals surface area contributed by atoms with Gasteiger partial charge in [0.15, 0.2) is 0 Å². The van der Waals surface area contributed by atoms with Crippen molar-refractivity contribution < 1.29 is 8.81 Å². The first-order valence-corrected chi connectivity index (χ1v) is 5.95. The SMILES string of the molecule is CN(CCNCc1ccco1)c1cccc(F)c1. The minimum atomic E-state index is -0.206. The molecule has 2 rings (SSSR count). The fraction of sp³-hybridized carbons (Fsp3) is 0.286. The number of furan rings is 1. The number of nitrogens with zero attached hydrogens (tertiary/aromatic N) is 1. The smallest absolute Gasteiger partial charge is 0.125 e. The molecule has 1 N–H and O–H groups in total. The molecule has 0 atom stereocenters. The molecule has 96 valence electrons. The van der Waals surface area contributed by atoms with Gasteiger partial charge in [-0.1, -0.05) is 6.07 Å². The Bertz CT molecular complexity index is 470. The van der Waals surface area contributed by atoms with E-state index >= 15 is 0 Å². The fourth-order valence-corrected chi connectivity index (χ4v) is 1.71. The second kappa shape index (κ2) is 6.21. The van der Waals surface area contributed by atoms with Gasteiger partial charge < -0.3 is 14.6 Å². The van der Waals surface area contributed by atoms with Crippen LogP contribution in [0, 0.1) is 5.82 Å². The van der Waals surface area contributed by atoms with Crippen molar-refractivity contribution in [2.75, 3.05) is 25.0 Å². The Morgan fingerprint density at radius 1 is 1.28 bits per heavy atom. The van der Waals surface area contributed by atoms with Crippen LogP contribution < -0.4 is 10.2 Å². The topological polar surface area (TPSA) is 28.4 Å². The first kappa shape index (κ1) is 12.6. The van der Waals surface area contributed by atoms with E-state index in [-0.39, 0.29) is 5.82 Å². The summed E-state index contributed by atoms with van der Waals surface area (Å²) < 4.78 is 18.3. The van der Waals surface area contributed by atoms with Gasteiger partial charge in [-0.2, -0.15) is 0 Å². The van der Waals surface area contributed by atoms with Crippen LogP contribution in [0.25, 0.3) is 0 Å². The lowest BCUT2D eigenvalue weighted by Crippen LogP contribution is -2.28. The molecule has 0 aliphatic carbocycles. The standard InChI is InChI=1S/C14H17FN2O/c1-17(13-5-2-4-12(15)10-13)8-7-16-11-14-6-3-9-18-14/h2-6,9-10,16H,7-8,11H2,1H3. The molecule has 3 nitrogen and oxygen atoms in total. The van der Waals surface area contributed by atoms with Crippen LogP contribution in [0.15, 0.2) is 47.1 Å². The molecule has 0 aliphatic heterocycles. The normalized spacial score (nSPS) is 10.6. The van der Waals surface area contributed by atoms with Crippen LogP contribution >= 0.6 is 0 Å². The first-order valence-electron chi connectivity index (χ1n) is 5.95. The monoisotopic (exact) mass is 248 g/mol. The minimum Gasteiger partial charge on any atom is -0.468 e. The van der Waals surface area contributed by atoms with Crippen molar-refractivity contribution in [1.29, 1.82) is 0 Å². The third-order valence-corrected chi connectivity index (χ3v) is 2.75. The fourth-order valence-electron chi connectivity index (χ4n) is 1.71. The maximum absolute atomic E-state index is 13.0. The van der Waals surface area contributed by atoms with E-state index < -0.39 is 0 Å². The van der Waals surface area contributed by atoms with Crippen LogP contribution in [0.1, 0.15) is 5.76 Å². The number of hydrogen-bond donors (Lipinski definition) is 1. The molecule has 1 heterocycles. The predicted octanol–water partition coefficient (Wildman–Crippen LogP) is 2.64. The number of halogens is 1. The van der Waals surface area contributed by atoms with Crippen LogP contribution in [0.4, 0.5) is 10.1 Å². The Balaban J connectivity index is 1.73. The van der Waals surface area contributed by atoms with E-state index in [1.165, 1.54) is 12.1 Å². The summed E-state index contributed by atoms with van der Waals surface area (Å²) in [6.07, 6.45) is 1.66. The summed E-state index contributed by atoms with van der Waals surface area (Å²) in [6.45, 7) is 2.34. The van der Waals surface area contributed by atoms with Crippen LogP contribution in [0.3, 0.4) is 0 Å². The average Bonchev–Trinajstić information content (AvgIpc) is 2.87.